The molecule has 0 bridgehead atoms. The highest BCUT2D eigenvalue weighted by atomic mass is 127. The van der Waals surface area contributed by atoms with Crippen molar-refractivity contribution >= 4 is 22.6 Å². The van der Waals surface area contributed by atoms with Crippen LogP contribution in [0.15, 0.2) is 30.3 Å². The molecular formula is C20H25IO2. The fraction of sp³-hybridized carbons (Fsp3) is 0.400. The number of halogens is 1. The number of alkyl halides is 1. The molecule has 2 aromatic carbocycles. The second kappa shape index (κ2) is 8.04. The van der Waals surface area contributed by atoms with Gasteiger partial charge in [-0.2, -0.15) is 0 Å². The SMILES string of the molecule is COc1c(C)c(C)c(OC)c(C(CCI)c2ccccc2)c1C. The van der Waals surface area contributed by atoms with Crippen molar-refractivity contribution in [2.45, 2.75) is 33.1 Å². The Morgan fingerprint density at radius 3 is 1.96 bits per heavy atom. The molecule has 0 saturated carbocycles. The van der Waals surface area contributed by atoms with Crippen molar-refractivity contribution in [2.75, 3.05) is 18.6 Å². The summed E-state index contributed by atoms with van der Waals surface area (Å²) in [5.41, 5.74) is 6.10. The van der Waals surface area contributed by atoms with Crippen LogP contribution in [0.1, 0.15) is 40.2 Å². The van der Waals surface area contributed by atoms with Gasteiger partial charge in [-0.15, -0.1) is 0 Å². The van der Waals surface area contributed by atoms with E-state index >= 15 is 0 Å². The molecule has 2 aromatic rings. The van der Waals surface area contributed by atoms with E-state index in [-0.39, 0.29) is 0 Å². The second-order valence-corrected chi connectivity index (χ2v) is 6.87. The van der Waals surface area contributed by atoms with Crippen molar-refractivity contribution in [1.29, 1.82) is 0 Å². The standard InChI is InChI=1S/C20H25IO2/c1-13-14(2)20(23-5)18(15(3)19(13)22-4)17(11-12-21)16-9-7-6-8-10-16/h6-10,17H,11-12H2,1-5H3. The maximum absolute atomic E-state index is 5.83. The zero-order valence-electron chi connectivity index (χ0n) is 14.6. The fourth-order valence-electron chi connectivity index (χ4n) is 3.38. The summed E-state index contributed by atoms with van der Waals surface area (Å²) in [6, 6.07) is 10.7. The van der Waals surface area contributed by atoms with Gasteiger partial charge in [-0.05, 0) is 49.4 Å². The summed E-state index contributed by atoms with van der Waals surface area (Å²) in [4.78, 5) is 0. The Bertz CT molecular complexity index is 665. The van der Waals surface area contributed by atoms with Gasteiger partial charge in [-0.25, -0.2) is 0 Å². The Morgan fingerprint density at radius 2 is 1.43 bits per heavy atom. The first kappa shape index (κ1) is 18.1. The summed E-state index contributed by atoms with van der Waals surface area (Å²) < 4.78 is 12.6. The zero-order chi connectivity index (χ0) is 17.0. The molecule has 23 heavy (non-hydrogen) atoms. The van der Waals surface area contributed by atoms with Crippen molar-refractivity contribution in [2.24, 2.45) is 0 Å². The molecule has 0 aliphatic rings. The first-order valence-corrected chi connectivity index (χ1v) is 9.41. The van der Waals surface area contributed by atoms with Crippen LogP contribution in [0, 0.1) is 20.8 Å². The van der Waals surface area contributed by atoms with E-state index in [1.54, 1.807) is 14.2 Å². The Morgan fingerprint density at radius 1 is 0.870 bits per heavy atom. The molecule has 1 unspecified atom stereocenters. The van der Waals surface area contributed by atoms with E-state index in [4.69, 9.17) is 9.47 Å². The Hall–Kier alpha value is -1.23. The fourth-order valence-corrected chi connectivity index (χ4v) is 4.00. The topological polar surface area (TPSA) is 18.5 Å². The van der Waals surface area contributed by atoms with Gasteiger partial charge in [0, 0.05) is 15.9 Å². The molecule has 0 aliphatic heterocycles. The van der Waals surface area contributed by atoms with Crippen LogP contribution in [0.4, 0.5) is 0 Å². The number of methoxy groups -OCH3 is 2. The van der Waals surface area contributed by atoms with Gasteiger partial charge in [-0.1, -0.05) is 52.9 Å². The van der Waals surface area contributed by atoms with Crippen LogP contribution in [0.25, 0.3) is 0 Å². The molecule has 124 valence electrons. The number of ether oxygens (including phenoxy) is 2. The minimum Gasteiger partial charge on any atom is -0.496 e. The van der Waals surface area contributed by atoms with Crippen LogP contribution in [-0.4, -0.2) is 18.6 Å². The monoisotopic (exact) mass is 424 g/mol. The summed E-state index contributed by atoms with van der Waals surface area (Å²) in [5.74, 6) is 2.29. The largest absolute Gasteiger partial charge is 0.496 e. The molecule has 0 saturated heterocycles. The molecule has 2 nitrogen and oxygen atoms in total. The van der Waals surface area contributed by atoms with E-state index in [2.05, 4.69) is 73.7 Å². The lowest BCUT2D eigenvalue weighted by Crippen LogP contribution is -2.10. The third-order valence-electron chi connectivity index (χ3n) is 4.59. The molecule has 2 rings (SSSR count). The van der Waals surface area contributed by atoms with Crippen LogP contribution in [-0.2, 0) is 0 Å². The van der Waals surface area contributed by atoms with Gasteiger partial charge in [0.05, 0.1) is 14.2 Å². The highest BCUT2D eigenvalue weighted by Gasteiger charge is 2.25. The molecule has 0 spiro atoms. The zero-order valence-corrected chi connectivity index (χ0v) is 16.7. The Kier molecular flexibility index (Phi) is 6.33. The van der Waals surface area contributed by atoms with E-state index in [1.165, 1.54) is 22.3 Å². The predicted octanol–water partition coefficient (Wildman–Crippen LogP) is 5.59. The van der Waals surface area contributed by atoms with E-state index in [0.29, 0.717) is 5.92 Å². The normalized spacial score (nSPS) is 12.1. The van der Waals surface area contributed by atoms with Crippen LogP contribution < -0.4 is 9.47 Å². The minimum atomic E-state index is 0.316. The average Bonchev–Trinajstić information content (AvgIpc) is 2.57. The lowest BCUT2D eigenvalue weighted by molar-refractivity contribution is 0.388. The molecule has 0 N–H and O–H groups in total. The summed E-state index contributed by atoms with van der Waals surface area (Å²) in [7, 11) is 3.52. The third-order valence-corrected chi connectivity index (χ3v) is 5.21. The summed E-state index contributed by atoms with van der Waals surface area (Å²) >= 11 is 2.45. The van der Waals surface area contributed by atoms with E-state index < -0.39 is 0 Å². The molecule has 0 fully saturated rings. The maximum atomic E-state index is 5.83. The van der Waals surface area contributed by atoms with Crippen LogP contribution in [0.3, 0.4) is 0 Å². The summed E-state index contributed by atoms with van der Waals surface area (Å²) in [6.07, 6.45) is 1.08. The van der Waals surface area contributed by atoms with Gasteiger partial charge >= 0.3 is 0 Å². The van der Waals surface area contributed by atoms with E-state index in [0.717, 1.165) is 27.9 Å². The minimum absolute atomic E-state index is 0.316. The van der Waals surface area contributed by atoms with Crippen molar-refractivity contribution in [3.05, 3.63) is 58.1 Å². The lowest BCUT2D eigenvalue weighted by atomic mass is 9.83. The molecule has 3 heteroatoms. The van der Waals surface area contributed by atoms with E-state index in [1.807, 2.05) is 0 Å². The molecule has 0 aromatic heterocycles. The Labute approximate surface area is 153 Å². The van der Waals surface area contributed by atoms with Crippen LogP contribution in [0.2, 0.25) is 0 Å². The molecule has 0 radical (unpaired) electrons. The molecular weight excluding hydrogens is 399 g/mol. The molecule has 0 amide bonds. The van der Waals surface area contributed by atoms with Crippen LogP contribution >= 0.6 is 22.6 Å². The number of benzene rings is 2. The van der Waals surface area contributed by atoms with Crippen molar-refractivity contribution < 1.29 is 9.47 Å². The highest BCUT2D eigenvalue weighted by Crippen LogP contribution is 2.44. The maximum Gasteiger partial charge on any atom is 0.126 e. The predicted molar refractivity (Wildman–Crippen MR) is 106 cm³/mol. The van der Waals surface area contributed by atoms with Crippen molar-refractivity contribution in [3.8, 4) is 11.5 Å². The number of hydrogen-bond acceptors (Lipinski definition) is 2. The third kappa shape index (κ3) is 3.49. The van der Waals surface area contributed by atoms with Gasteiger partial charge in [0.1, 0.15) is 11.5 Å². The quantitative estimate of drug-likeness (QED) is 0.445. The first-order valence-electron chi connectivity index (χ1n) is 7.89. The van der Waals surface area contributed by atoms with Crippen molar-refractivity contribution in [1.82, 2.24) is 0 Å². The smallest absolute Gasteiger partial charge is 0.126 e. The van der Waals surface area contributed by atoms with Gasteiger partial charge in [0.15, 0.2) is 0 Å². The molecule has 0 aliphatic carbocycles. The second-order valence-electron chi connectivity index (χ2n) is 5.80. The lowest BCUT2D eigenvalue weighted by Gasteiger charge is -2.26. The average molecular weight is 424 g/mol. The number of rotatable bonds is 6. The van der Waals surface area contributed by atoms with Gasteiger partial charge in [-0.3, -0.25) is 0 Å². The van der Waals surface area contributed by atoms with E-state index in [9.17, 15) is 0 Å². The first-order chi connectivity index (χ1) is 11.1. The van der Waals surface area contributed by atoms with Crippen molar-refractivity contribution in [3.63, 3.8) is 0 Å². The van der Waals surface area contributed by atoms with Gasteiger partial charge < -0.3 is 9.47 Å². The van der Waals surface area contributed by atoms with Gasteiger partial charge in [0.2, 0.25) is 0 Å². The summed E-state index contributed by atoms with van der Waals surface area (Å²) in [5, 5.41) is 0. The Balaban J connectivity index is 2.74. The molecule has 1 atom stereocenters. The highest BCUT2D eigenvalue weighted by molar-refractivity contribution is 14.1. The van der Waals surface area contributed by atoms with Gasteiger partial charge in [0.25, 0.3) is 0 Å². The van der Waals surface area contributed by atoms with Crippen LogP contribution in [0.5, 0.6) is 11.5 Å². The summed E-state index contributed by atoms with van der Waals surface area (Å²) in [6.45, 7) is 6.36. The number of hydrogen-bond donors (Lipinski definition) is 0. The molecule has 0 heterocycles.